The summed E-state index contributed by atoms with van der Waals surface area (Å²) in [7, 11) is 2.14. The summed E-state index contributed by atoms with van der Waals surface area (Å²) in [6.45, 7) is 11.6. The fraction of sp³-hybridized carbons (Fsp3) is 0.625. The number of likely N-dealkylation sites (N-methyl/N-ethyl adjacent to an activating group) is 1. The van der Waals surface area contributed by atoms with Crippen LogP contribution in [0.4, 0.5) is 5.82 Å². The minimum Gasteiger partial charge on any atom is -0.368 e. The van der Waals surface area contributed by atoms with Crippen LogP contribution in [0.5, 0.6) is 0 Å². The van der Waals surface area contributed by atoms with Gasteiger partial charge in [0.15, 0.2) is 0 Å². The molecule has 0 radical (unpaired) electrons. The van der Waals surface area contributed by atoms with Crippen LogP contribution in [-0.4, -0.2) is 41.5 Å². The van der Waals surface area contributed by atoms with Crippen LogP contribution in [-0.2, 0) is 6.42 Å². The lowest BCUT2D eigenvalue weighted by atomic mass is 10.0. The van der Waals surface area contributed by atoms with E-state index in [2.05, 4.69) is 53.4 Å². The summed E-state index contributed by atoms with van der Waals surface area (Å²) in [6.07, 6.45) is 1.08. The number of aromatic nitrogens is 2. The monoisotopic (exact) mass is 306 g/mol. The molecule has 1 N–H and O–H groups in total. The molecule has 2 rings (SSSR count). The molecule has 0 saturated heterocycles. The lowest BCUT2D eigenvalue weighted by Gasteiger charge is -2.15. The lowest BCUT2D eigenvalue weighted by Crippen LogP contribution is -2.25. The summed E-state index contributed by atoms with van der Waals surface area (Å²) >= 11 is 1.73. The van der Waals surface area contributed by atoms with Crippen molar-refractivity contribution in [1.29, 1.82) is 0 Å². The first kappa shape index (κ1) is 16.2. The van der Waals surface area contributed by atoms with Gasteiger partial charge in [-0.05, 0) is 43.8 Å². The van der Waals surface area contributed by atoms with Crippen molar-refractivity contribution in [2.24, 2.45) is 5.92 Å². The quantitative estimate of drug-likeness (QED) is 0.849. The van der Waals surface area contributed by atoms with Crippen LogP contribution in [0.25, 0.3) is 10.2 Å². The van der Waals surface area contributed by atoms with Crippen LogP contribution < -0.4 is 5.32 Å². The zero-order valence-electron chi connectivity index (χ0n) is 13.7. The number of thiophene rings is 1. The fourth-order valence-corrected chi connectivity index (χ4v) is 3.35. The SMILES string of the molecule is CCN(C)CCNc1nc(C)nc2scc(CC(C)C)c12. The maximum Gasteiger partial charge on any atom is 0.138 e. The summed E-state index contributed by atoms with van der Waals surface area (Å²) < 4.78 is 0. The molecule has 0 aliphatic rings. The number of nitrogens with one attached hydrogen (secondary N) is 1. The third-order valence-electron chi connectivity index (χ3n) is 3.58. The lowest BCUT2D eigenvalue weighted by molar-refractivity contribution is 0.367. The van der Waals surface area contributed by atoms with Gasteiger partial charge in [-0.25, -0.2) is 9.97 Å². The van der Waals surface area contributed by atoms with E-state index >= 15 is 0 Å². The van der Waals surface area contributed by atoms with Crippen LogP contribution in [0.15, 0.2) is 5.38 Å². The Morgan fingerprint density at radius 1 is 1.33 bits per heavy atom. The first-order valence-electron chi connectivity index (χ1n) is 7.68. The molecule has 116 valence electrons. The van der Waals surface area contributed by atoms with E-state index in [9.17, 15) is 0 Å². The molecule has 0 aliphatic carbocycles. The zero-order valence-corrected chi connectivity index (χ0v) is 14.5. The van der Waals surface area contributed by atoms with Gasteiger partial charge < -0.3 is 10.2 Å². The average Bonchev–Trinajstić information content (AvgIpc) is 2.80. The molecule has 0 saturated carbocycles. The number of rotatable bonds is 7. The van der Waals surface area contributed by atoms with Gasteiger partial charge in [-0.2, -0.15) is 0 Å². The zero-order chi connectivity index (χ0) is 15.4. The number of hydrogen-bond acceptors (Lipinski definition) is 5. The molecule has 0 atom stereocenters. The molecular formula is C16H26N4S. The van der Waals surface area contributed by atoms with E-state index in [0.29, 0.717) is 5.92 Å². The smallest absolute Gasteiger partial charge is 0.138 e. The highest BCUT2D eigenvalue weighted by Gasteiger charge is 2.13. The molecule has 2 aromatic heterocycles. The Bertz CT molecular complexity index is 591. The number of hydrogen-bond donors (Lipinski definition) is 1. The second-order valence-corrected chi connectivity index (χ2v) is 6.84. The minimum atomic E-state index is 0.642. The average molecular weight is 306 g/mol. The maximum atomic E-state index is 4.63. The molecule has 0 aromatic carbocycles. The number of anilines is 1. The van der Waals surface area contributed by atoms with Gasteiger partial charge in [0.25, 0.3) is 0 Å². The van der Waals surface area contributed by atoms with Gasteiger partial charge in [0.1, 0.15) is 16.5 Å². The summed E-state index contributed by atoms with van der Waals surface area (Å²) in [5.74, 6) is 2.48. The number of nitrogens with zero attached hydrogens (tertiary/aromatic N) is 3. The van der Waals surface area contributed by atoms with E-state index in [1.807, 2.05) is 6.92 Å². The van der Waals surface area contributed by atoms with E-state index in [4.69, 9.17) is 0 Å². The molecule has 21 heavy (non-hydrogen) atoms. The number of fused-ring (bicyclic) bond motifs is 1. The molecule has 0 aliphatic heterocycles. The second-order valence-electron chi connectivity index (χ2n) is 5.98. The molecule has 0 amide bonds. The molecule has 5 heteroatoms. The Balaban J connectivity index is 2.25. The molecular weight excluding hydrogens is 280 g/mol. The van der Waals surface area contributed by atoms with Crippen molar-refractivity contribution in [3.8, 4) is 0 Å². The highest BCUT2D eigenvalue weighted by atomic mass is 32.1. The largest absolute Gasteiger partial charge is 0.368 e. The molecule has 0 spiro atoms. The van der Waals surface area contributed by atoms with E-state index in [1.54, 1.807) is 11.3 Å². The Hall–Kier alpha value is -1.20. The summed E-state index contributed by atoms with van der Waals surface area (Å²) in [4.78, 5) is 12.6. The van der Waals surface area contributed by atoms with E-state index in [0.717, 1.165) is 42.5 Å². The first-order chi connectivity index (χ1) is 10.0. The normalized spacial score (nSPS) is 11.8. The minimum absolute atomic E-state index is 0.642. The van der Waals surface area contributed by atoms with Crippen LogP contribution in [0.2, 0.25) is 0 Å². The van der Waals surface area contributed by atoms with Crippen molar-refractivity contribution >= 4 is 27.4 Å². The van der Waals surface area contributed by atoms with E-state index in [-0.39, 0.29) is 0 Å². The van der Waals surface area contributed by atoms with Crippen molar-refractivity contribution < 1.29 is 0 Å². The van der Waals surface area contributed by atoms with E-state index < -0.39 is 0 Å². The van der Waals surface area contributed by atoms with Gasteiger partial charge in [-0.1, -0.05) is 20.8 Å². The highest BCUT2D eigenvalue weighted by Crippen LogP contribution is 2.31. The van der Waals surface area contributed by atoms with Crippen LogP contribution >= 0.6 is 11.3 Å². The van der Waals surface area contributed by atoms with Crippen molar-refractivity contribution in [3.05, 3.63) is 16.8 Å². The molecule has 4 nitrogen and oxygen atoms in total. The third kappa shape index (κ3) is 4.14. The van der Waals surface area contributed by atoms with Gasteiger partial charge in [0.2, 0.25) is 0 Å². The van der Waals surface area contributed by atoms with Gasteiger partial charge in [0.05, 0.1) is 5.39 Å². The van der Waals surface area contributed by atoms with Gasteiger partial charge in [0, 0.05) is 13.1 Å². The predicted molar refractivity (Wildman–Crippen MR) is 92.4 cm³/mol. The molecule has 0 fully saturated rings. The summed E-state index contributed by atoms with van der Waals surface area (Å²) in [5, 5.41) is 6.97. The maximum absolute atomic E-state index is 4.63. The Morgan fingerprint density at radius 2 is 2.10 bits per heavy atom. The van der Waals surface area contributed by atoms with Gasteiger partial charge >= 0.3 is 0 Å². The highest BCUT2D eigenvalue weighted by molar-refractivity contribution is 7.17. The van der Waals surface area contributed by atoms with E-state index in [1.165, 1.54) is 10.9 Å². The summed E-state index contributed by atoms with van der Waals surface area (Å²) in [5.41, 5.74) is 1.37. The standard InChI is InChI=1S/C16H26N4S/c1-6-20(5)8-7-17-15-14-13(9-11(2)3)10-21-16(14)19-12(4)18-15/h10-11H,6-9H2,1-5H3,(H,17,18,19). The van der Waals surface area contributed by atoms with Crippen LogP contribution in [0.3, 0.4) is 0 Å². The van der Waals surface area contributed by atoms with Crippen molar-refractivity contribution in [2.75, 3.05) is 32.0 Å². The van der Waals surface area contributed by atoms with Crippen molar-refractivity contribution in [3.63, 3.8) is 0 Å². The second kappa shape index (κ2) is 7.18. The van der Waals surface area contributed by atoms with Gasteiger partial charge in [-0.3, -0.25) is 0 Å². The molecule has 2 aromatic rings. The van der Waals surface area contributed by atoms with Crippen LogP contribution in [0.1, 0.15) is 32.2 Å². The molecule has 0 unspecified atom stereocenters. The predicted octanol–water partition coefficient (Wildman–Crippen LogP) is 3.56. The molecule has 2 heterocycles. The number of aryl methyl sites for hydroxylation is 1. The third-order valence-corrected chi connectivity index (χ3v) is 4.50. The van der Waals surface area contributed by atoms with Gasteiger partial charge in [-0.15, -0.1) is 11.3 Å². The Labute approximate surface area is 131 Å². The first-order valence-corrected chi connectivity index (χ1v) is 8.56. The van der Waals surface area contributed by atoms with Crippen molar-refractivity contribution in [1.82, 2.24) is 14.9 Å². The summed E-state index contributed by atoms with van der Waals surface area (Å²) in [6, 6.07) is 0. The Kier molecular flexibility index (Phi) is 5.53. The van der Waals surface area contributed by atoms with Crippen LogP contribution in [0, 0.1) is 12.8 Å². The van der Waals surface area contributed by atoms with Crippen molar-refractivity contribution in [2.45, 2.75) is 34.1 Å². The Morgan fingerprint density at radius 3 is 2.76 bits per heavy atom. The topological polar surface area (TPSA) is 41.0 Å². The molecule has 0 bridgehead atoms. The fourth-order valence-electron chi connectivity index (χ4n) is 2.35.